The average molecular weight is 690 g/mol. The fraction of sp³-hybridized carbons (Fsp3) is 0.312. The molecule has 1 aliphatic rings. The van der Waals surface area contributed by atoms with Crippen LogP contribution in [0.1, 0.15) is 50.1 Å². The lowest BCUT2D eigenvalue weighted by Gasteiger charge is -2.14. The Morgan fingerprint density at radius 2 is 1.77 bits per heavy atom. The van der Waals surface area contributed by atoms with Gasteiger partial charge >= 0.3 is 18.0 Å². The zero-order chi connectivity index (χ0) is 34.8. The molecule has 1 heterocycles. The van der Waals surface area contributed by atoms with Crippen LogP contribution in [0.5, 0.6) is 0 Å². The van der Waals surface area contributed by atoms with Crippen molar-refractivity contribution in [3.63, 3.8) is 0 Å². The summed E-state index contributed by atoms with van der Waals surface area (Å²) >= 11 is 0. The second-order valence-corrected chi connectivity index (χ2v) is 12.7. The number of amides is 2. The Labute approximate surface area is 272 Å². The van der Waals surface area contributed by atoms with Gasteiger partial charge in [-0.3, -0.25) is 9.36 Å². The number of carbonyl (C=O) groups excluding carboxylic acids is 2. The molecule has 254 valence electrons. The lowest BCUT2D eigenvalue weighted by Crippen LogP contribution is -2.31. The molecule has 1 aromatic heterocycles. The second-order valence-electron chi connectivity index (χ2n) is 11.1. The number of nitrogens with zero attached hydrogens (tertiary/aromatic N) is 3. The first kappa shape index (κ1) is 34.3. The third kappa shape index (κ3) is 7.43. The van der Waals surface area contributed by atoms with Crippen LogP contribution in [0.2, 0.25) is 0 Å². The number of rotatable bonds is 11. The molecule has 1 aliphatic carbocycles. The molecule has 0 spiro atoms. The number of aromatic nitrogens is 3. The van der Waals surface area contributed by atoms with Crippen LogP contribution in [0, 0.1) is 11.7 Å². The van der Waals surface area contributed by atoms with Crippen molar-refractivity contribution in [3.05, 3.63) is 93.9 Å². The topological polar surface area (TPSA) is 141 Å². The Bertz CT molecular complexity index is 2040. The van der Waals surface area contributed by atoms with Crippen LogP contribution in [-0.4, -0.2) is 41.4 Å². The summed E-state index contributed by atoms with van der Waals surface area (Å²) in [5, 5.41) is 6.78. The lowest BCUT2D eigenvalue weighted by atomic mass is 10.0. The highest BCUT2D eigenvalue weighted by Crippen LogP contribution is 2.36. The molecule has 0 aliphatic heterocycles. The van der Waals surface area contributed by atoms with E-state index in [4.69, 9.17) is 0 Å². The van der Waals surface area contributed by atoms with Crippen LogP contribution in [0.3, 0.4) is 0 Å². The molecule has 4 aromatic rings. The molecule has 0 atom stereocenters. The highest BCUT2D eigenvalue weighted by molar-refractivity contribution is 7.90. The largest absolute Gasteiger partial charge is 0.449 e. The standard InChI is InChI=1S/C32H31F4N5O6S/c1-3-7-28-38-41(26-17-22(37-29(42)19-10-11-19)14-15-24(26)32(34,35)36)31(44)40(28)18-21-13-12-20(16-25(21)33)23-8-5-6-9-27(23)48(45,46)39-30(43)47-4-2/h5-6,8-9,12-17,19H,3-4,7,10-11,18H2,1-2H3,(H,37,42)(H,39,43). The Morgan fingerprint density at radius 3 is 2.42 bits per heavy atom. The molecule has 1 saturated carbocycles. The number of benzene rings is 3. The number of alkyl halides is 3. The molecule has 11 nitrogen and oxygen atoms in total. The van der Waals surface area contributed by atoms with Crippen molar-refractivity contribution in [3.8, 4) is 16.8 Å². The van der Waals surface area contributed by atoms with Gasteiger partial charge in [-0.1, -0.05) is 37.3 Å². The maximum atomic E-state index is 15.6. The third-order valence-corrected chi connectivity index (χ3v) is 8.89. The molecule has 48 heavy (non-hydrogen) atoms. The van der Waals surface area contributed by atoms with Crippen molar-refractivity contribution in [2.75, 3.05) is 11.9 Å². The molecule has 3 aromatic carbocycles. The molecule has 2 N–H and O–H groups in total. The fourth-order valence-electron chi connectivity index (χ4n) is 5.05. The first-order valence-corrected chi connectivity index (χ1v) is 16.5. The average Bonchev–Trinajstić information content (AvgIpc) is 3.83. The van der Waals surface area contributed by atoms with Gasteiger partial charge in [-0.15, -0.1) is 5.10 Å². The van der Waals surface area contributed by atoms with Gasteiger partial charge in [0.05, 0.1) is 29.3 Å². The van der Waals surface area contributed by atoms with Crippen molar-refractivity contribution < 1.29 is 40.3 Å². The lowest BCUT2D eigenvalue weighted by molar-refractivity contribution is -0.137. The Balaban J connectivity index is 1.51. The van der Waals surface area contributed by atoms with Crippen LogP contribution in [0.4, 0.5) is 28.0 Å². The summed E-state index contributed by atoms with van der Waals surface area (Å²) in [5.41, 5.74) is -2.45. The van der Waals surface area contributed by atoms with Gasteiger partial charge in [-0.25, -0.2) is 27.1 Å². The van der Waals surface area contributed by atoms with E-state index < -0.39 is 51.6 Å². The molecule has 2 amide bonds. The maximum absolute atomic E-state index is 15.6. The van der Waals surface area contributed by atoms with Crippen LogP contribution >= 0.6 is 0 Å². The van der Waals surface area contributed by atoms with E-state index in [2.05, 4.69) is 15.2 Å². The molecule has 0 unspecified atom stereocenters. The minimum absolute atomic E-state index is 0.0239. The second kappa shape index (κ2) is 13.6. The summed E-state index contributed by atoms with van der Waals surface area (Å²) in [6.07, 6.45) is -4.04. The first-order chi connectivity index (χ1) is 22.7. The Kier molecular flexibility index (Phi) is 9.75. The van der Waals surface area contributed by atoms with Crippen LogP contribution in [-0.2, 0) is 38.7 Å². The number of nitrogens with one attached hydrogen (secondary N) is 2. The summed E-state index contributed by atoms with van der Waals surface area (Å²) in [6, 6.07) is 12.3. The van der Waals surface area contributed by atoms with Gasteiger partial charge in [0.1, 0.15) is 11.6 Å². The van der Waals surface area contributed by atoms with Gasteiger partial charge in [-0.05, 0) is 62.1 Å². The van der Waals surface area contributed by atoms with E-state index in [9.17, 15) is 36.0 Å². The minimum Gasteiger partial charge on any atom is -0.449 e. The number of hydrogen-bond acceptors (Lipinski definition) is 7. The van der Waals surface area contributed by atoms with E-state index in [-0.39, 0.29) is 58.0 Å². The van der Waals surface area contributed by atoms with Gasteiger partial charge in [0.15, 0.2) is 0 Å². The highest BCUT2D eigenvalue weighted by Gasteiger charge is 2.36. The zero-order valence-electron chi connectivity index (χ0n) is 25.8. The quantitative estimate of drug-likeness (QED) is 0.194. The molecule has 16 heteroatoms. The SMILES string of the molecule is CCCc1nn(-c2cc(NC(=O)C3CC3)ccc2C(F)(F)F)c(=O)n1Cc1ccc(-c2ccccc2S(=O)(=O)NC(=O)OCC)cc1F. The van der Waals surface area contributed by atoms with Crippen LogP contribution in [0.15, 0.2) is 70.4 Å². The Hall–Kier alpha value is -4.99. The summed E-state index contributed by atoms with van der Waals surface area (Å²) in [4.78, 5) is 37.5. The van der Waals surface area contributed by atoms with E-state index in [0.717, 1.165) is 28.8 Å². The number of sulfonamides is 1. The minimum atomic E-state index is -4.86. The van der Waals surface area contributed by atoms with Crippen molar-refractivity contribution >= 4 is 27.7 Å². The van der Waals surface area contributed by atoms with E-state index in [1.807, 2.05) is 0 Å². The summed E-state index contributed by atoms with van der Waals surface area (Å²) in [5.74, 6) is -1.28. The zero-order valence-corrected chi connectivity index (χ0v) is 26.6. The van der Waals surface area contributed by atoms with E-state index >= 15 is 4.39 Å². The predicted octanol–water partition coefficient (Wildman–Crippen LogP) is 5.64. The Morgan fingerprint density at radius 1 is 1.04 bits per heavy atom. The van der Waals surface area contributed by atoms with E-state index in [0.29, 0.717) is 23.9 Å². The molecule has 1 fully saturated rings. The van der Waals surface area contributed by atoms with Gasteiger partial charge in [0.25, 0.3) is 10.0 Å². The summed E-state index contributed by atoms with van der Waals surface area (Å²) < 4.78 is 91.8. The smallest absolute Gasteiger partial charge is 0.421 e. The predicted molar refractivity (Wildman–Crippen MR) is 166 cm³/mol. The van der Waals surface area contributed by atoms with E-state index in [1.165, 1.54) is 43.3 Å². The molecular formula is C32H31F4N5O6S. The highest BCUT2D eigenvalue weighted by atomic mass is 32.2. The van der Waals surface area contributed by atoms with Crippen molar-refractivity contribution in [1.29, 1.82) is 0 Å². The molecular weight excluding hydrogens is 658 g/mol. The third-order valence-electron chi connectivity index (χ3n) is 7.52. The normalized spacial score (nSPS) is 13.3. The first-order valence-electron chi connectivity index (χ1n) is 15.0. The number of carbonyl (C=O) groups is 2. The number of aryl methyl sites for hydroxylation is 1. The van der Waals surface area contributed by atoms with E-state index in [1.54, 1.807) is 11.6 Å². The van der Waals surface area contributed by atoms with Crippen molar-refractivity contribution in [2.24, 2.45) is 5.92 Å². The van der Waals surface area contributed by atoms with Gasteiger partial charge in [0.2, 0.25) is 5.91 Å². The maximum Gasteiger partial charge on any atom is 0.421 e. The summed E-state index contributed by atoms with van der Waals surface area (Å²) in [7, 11) is -4.41. The molecule has 0 bridgehead atoms. The van der Waals surface area contributed by atoms with Gasteiger partial charge in [0, 0.05) is 29.2 Å². The number of halogens is 4. The summed E-state index contributed by atoms with van der Waals surface area (Å²) in [6.45, 7) is 2.82. The molecule has 5 rings (SSSR count). The van der Waals surface area contributed by atoms with Crippen LogP contribution in [0.25, 0.3) is 16.8 Å². The van der Waals surface area contributed by atoms with Gasteiger partial charge < -0.3 is 10.1 Å². The number of hydrogen-bond donors (Lipinski definition) is 2. The van der Waals surface area contributed by atoms with Crippen LogP contribution < -0.4 is 15.7 Å². The van der Waals surface area contributed by atoms with Crippen molar-refractivity contribution in [1.82, 2.24) is 19.1 Å². The van der Waals surface area contributed by atoms with Crippen molar-refractivity contribution in [2.45, 2.75) is 57.1 Å². The molecule has 0 radical (unpaired) electrons. The number of ether oxygens (including phenoxy) is 1. The monoisotopic (exact) mass is 689 g/mol. The fourth-order valence-corrected chi connectivity index (χ4v) is 6.18. The molecule has 0 saturated heterocycles. The van der Waals surface area contributed by atoms with Gasteiger partial charge in [-0.2, -0.15) is 17.9 Å². The number of anilines is 1.